The summed E-state index contributed by atoms with van der Waals surface area (Å²) in [6.07, 6.45) is 2.64. The molecule has 2 aromatic rings. The maximum atomic E-state index is 14.1. The highest BCUT2D eigenvalue weighted by molar-refractivity contribution is 6.00. The predicted octanol–water partition coefficient (Wildman–Crippen LogP) is 2.86. The summed E-state index contributed by atoms with van der Waals surface area (Å²) in [4.78, 5) is 26.3. The van der Waals surface area contributed by atoms with Crippen LogP contribution >= 0.6 is 0 Å². The van der Waals surface area contributed by atoms with Gasteiger partial charge in [0.05, 0.1) is 11.1 Å². The number of hydrogen-bond donors (Lipinski definition) is 2. The lowest BCUT2D eigenvalue weighted by atomic mass is 9.70. The van der Waals surface area contributed by atoms with Crippen LogP contribution < -0.4 is 10.4 Å². The standard InChI is InChI=1S/C20H19FN2O3/c21-16-3-1-2-4-17(16)23-10-9-20(19(23)25)8-7-13-11-14(18(24)22-26)5-6-15(13)12-20/h1-6,11,26H,7-10,12H2,(H,22,24)/t20-/m1/s1. The highest BCUT2D eigenvalue weighted by Crippen LogP contribution is 2.45. The first-order valence-electron chi connectivity index (χ1n) is 8.67. The monoisotopic (exact) mass is 354 g/mol. The molecule has 6 heteroatoms. The van der Waals surface area contributed by atoms with Crippen LogP contribution in [0.25, 0.3) is 0 Å². The maximum Gasteiger partial charge on any atom is 0.274 e. The molecule has 1 aliphatic heterocycles. The van der Waals surface area contributed by atoms with Gasteiger partial charge >= 0.3 is 0 Å². The average Bonchev–Trinajstić information content (AvgIpc) is 2.97. The van der Waals surface area contributed by atoms with Crippen LogP contribution in [0, 0.1) is 11.2 Å². The molecular weight excluding hydrogens is 335 g/mol. The van der Waals surface area contributed by atoms with Gasteiger partial charge < -0.3 is 4.90 Å². The molecule has 0 unspecified atom stereocenters. The van der Waals surface area contributed by atoms with Crippen molar-refractivity contribution in [1.29, 1.82) is 0 Å². The van der Waals surface area contributed by atoms with Crippen molar-refractivity contribution in [2.45, 2.75) is 25.7 Å². The van der Waals surface area contributed by atoms with Crippen LogP contribution in [0.4, 0.5) is 10.1 Å². The summed E-state index contributed by atoms with van der Waals surface area (Å²) in [6.45, 7) is 0.514. The molecule has 0 radical (unpaired) electrons. The molecular formula is C20H19FN2O3. The van der Waals surface area contributed by atoms with Gasteiger partial charge in [-0.3, -0.25) is 14.8 Å². The van der Waals surface area contributed by atoms with E-state index in [0.29, 0.717) is 43.5 Å². The maximum absolute atomic E-state index is 14.1. The number of amides is 2. The number of benzene rings is 2. The molecule has 1 spiro atoms. The van der Waals surface area contributed by atoms with E-state index in [1.807, 2.05) is 6.07 Å². The summed E-state index contributed by atoms with van der Waals surface area (Å²) >= 11 is 0. The Labute approximate surface area is 150 Å². The van der Waals surface area contributed by atoms with Gasteiger partial charge in [-0.1, -0.05) is 18.2 Å². The van der Waals surface area contributed by atoms with Crippen molar-refractivity contribution in [3.8, 4) is 0 Å². The minimum atomic E-state index is -0.546. The van der Waals surface area contributed by atoms with Crippen molar-refractivity contribution in [3.63, 3.8) is 0 Å². The molecule has 2 aromatic carbocycles. The molecule has 134 valence electrons. The van der Waals surface area contributed by atoms with Crippen LogP contribution in [0.2, 0.25) is 0 Å². The molecule has 0 bridgehead atoms. The molecule has 1 fully saturated rings. The minimum absolute atomic E-state index is 0.0228. The molecule has 0 aromatic heterocycles. The molecule has 2 amide bonds. The number of fused-ring (bicyclic) bond motifs is 1. The first-order valence-corrected chi connectivity index (χ1v) is 8.67. The number of carbonyl (C=O) groups excluding carboxylic acids is 2. The van der Waals surface area contributed by atoms with E-state index >= 15 is 0 Å². The second-order valence-corrected chi connectivity index (χ2v) is 7.04. The molecule has 1 atom stereocenters. The fraction of sp³-hybridized carbons (Fsp3) is 0.300. The van der Waals surface area contributed by atoms with Gasteiger partial charge in [0.2, 0.25) is 5.91 Å². The van der Waals surface area contributed by atoms with E-state index in [0.717, 1.165) is 11.1 Å². The van der Waals surface area contributed by atoms with Gasteiger partial charge in [-0.25, -0.2) is 9.87 Å². The lowest BCUT2D eigenvalue weighted by molar-refractivity contribution is -0.126. The zero-order valence-corrected chi connectivity index (χ0v) is 14.2. The van der Waals surface area contributed by atoms with Crippen molar-refractivity contribution in [1.82, 2.24) is 5.48 Å². The average molecular weight is 354 g/mol. The number of rotatable bonds is 2. The van der Waals surface area contributed by atoms with Crippen LogP contribution in [-0.4, -0.2) is 23.6 Å². The highest BCUT2D eigenvalue weighted by Gasteiger charge is 2.48. The largest absolute Gasteiger partial charge is 0.309 e. The third kappa shape index (κ3) is 2.57. The number of nitrogens with zero attached hydrogens (tertiary/aromatic N) is 1. The van der Waals surface area contributed by atoms with Crippen LogP contribution in [0.3, 0.4) is 0 Å². The van der Waals surface area contributed by atoms with Crippen molar-refractivity contribution in [2.24, 2.45) is 5.41 Å². The number of para-hydroxylation sites is 1. The SMILES string of the molecule is O=C(NO)c1ccc2c(c1)CC[C@@]1(CCN(c3ccccc3F)C1=O)C2. The summed E-state index contributed by atoms with van der Waals surface area (Å²) in [5.41, 5.74) is 3.93. The van der Waals surface area contributed by atoms with Crippen molar-refractivity contribution >= 4 is 17.5 Å². The van der Waals surface area contributed by atoms with Crippen molar-refractivity contribution in [2.75, 3.05) is 11.4 Å². The van der Waals surface area contributed by atoms with E-state index in [9.17, 15) is 14.0 Å². The third-order valence-electron chi connectivity index (χ3n) is 5.63. The molecule has 1 aliphatic carbocycles. The summed E-state index contributed by atoms with van der Waals surface area (Å²) in [7, 11) is 0. The second-order valence-electron chi connectivity index (χ2n) is 7.04. The number of hydrogen-bond acceptors (Lipinski definition) is 3. The van der Waals surface area contributed by atoms with Crippen molar-refractivity contribution in [3.05, 3.63) is 65.0 Å². The molecule has 1 saturated heterocycles. The van der Waals surface area contributed by atoms with Crippen LogP contribution in [0.1, 0.15) is 34.3 Å². The molecule has 4 rings (SSSR count). The molecule has 5 nitrogen and oxygen atoms in total. The molecule has 0 saturated carbocycles. The van der Waals surface area contributed by atoms with E-state index in [2.05, 4.69) is 0 Å². The second kappa shape index (κ2) is 6.21. The minimum Gasteiger partial charge on any atom is -0.309 e. The van der Waals surface area contributed by atoms with Crippen LogP contribution in [0.5, 0.6) is 0 Å². The Balaban J connectivity index is 1.61. The summed E-state index contributed by atoms with van der Waals surface area (Å²) in [5.74, 6) is -0.949. The number of carbonyl (C=O) groups is 2. The number of halogens is 1. The van der Waals surface area contributed by atoms with Gasteiger partial charge in [0, 0.05) is 12.1 Å². The van der Waals surface area contributed by atoms with Gasteiger partial charge in [0.1, 0.15) is 5.82 Å². The lowest BCUT2D eigenvalue weighted by Crippen LogP contribution is -2.39. The zero-order chi connectivity index (χ0) is 18.3. The van der Waals surface area contributed by atoms with Crippen molar-refractivity contribution < 1.29 is 19.2 Å². The predicted molar refractivity (Wildman–Crippen MR) is 93.5 cm³/mol. The number of nitrogens with one attached hydrogen (secondary N) is 1. The van der Waals surface area contributed by atoms with Gasteiger partial charge in [-0.05, 0) is 61.1 Å². The highest BCUT2D eigenvalue weighted by atomic mass is 19.1. The number of aryl methyl sites for hydroxylation is 1. The number of anilines is 1. The smallest absolute Gasteiger partial charge is 0.274 e. The Morgan fingerprint density at radius 3 is 2.73 bits per heavy atom. The Hall–Kier alpha value is -2.73. The first kappa shape index (κ1) is 16.7. The molecule has 2 N–H and O–H groups in total. The van der Waals surface area contributed by atoms with E-state index in [-0.39, 0.29) is 11.7 Å². The molecule has 2 aliphatic rings. The Morgan fingerprint density at radius 1 is 1.15 bits per heavy atom. The lowest BCUT2D eigenvalue weighted by Gasteiger charge is -2.33. The molecule has 26 heavy (non-hydrogen) atoms. The summed E-state index contributed by atoms with van der Waals surface area (Å²) in [6, 6.07) is 11.6. The van der Waals surface area contributed by atoms with Crippen LogP contribution in [0.15, 0.2) is 42.5 Å². The Kier molecular flexibility index (Phi) is 4.00. The van der Waals surface area contributed by atoms with E-state index in [1.54, 1.807) is 40.7 Å². The topological polar surface area (TPSA) is 69.6 Å². The van der Waals surface area contributed by atoms with E-state index in [4.69, 9.17) is 5.21 Å². The van der Waals surface area contributed by atoms with Gasteiger partial charge in [-0.2, -0.15) is 0 Å². The summed E-state index contributed by atoms with van der Waals surface area (Å²) < 4.78 is 14.1. The normalized spacial score (nSPS) is 21.8. The Morgan fingerprint density at radius 2 is 1.96 bits per heavy atom. The Bertz CT molecular complexity index is 898. The third-order valence-corrected chi connectivity index (χ3v) is 5.63. The van der Waals surface area contributed by atoms with Crippen LogP contribution in [-0.2, 0) is 17.6 Å². The first-order chi connectivity index (χ1) is 12.5. The van der Waals surface area contributed by atoms with Gasteiger partial charge in [-0.15, -0.1) is 0 Å². The quantitative estimate of drug-likeness (QED) is 0.644. The van der Waals surface area contributed by atoms with Gasteiger partial charge in [0.25, 0.3) is 5.91 Å². The zero-order valence-electron chi connectivity index (χ0n) is 14.2. The van der Waals surface area contributed by atoms with Gasteiger partial charge in [0.15, 0.2) is 0 Å². The fourth-order valence-corrected chi connectivity index (χ4v) is 4.18. The fourth-order valence-electron chi connectivity index (χ4n) is 4.18. The van der Waals surface area contributed by atoms with E-state index < -0.39 is 11.3 Å². The number of hydroxylamine groups is 1. The summed E-state index contributed by atoms with van der Waals surface area (Å²) in [5, 5.41) is 8.77. The van der Waals surface area contributed by atoms with E-state index in [1.165, 1.54) is 6.07 Å². The molecule has 1 heterocycles.